The number of rotatable bonds is 6. The van der Waals surface area contributed by atoms with Gasteiger partial charge >= 0.3 is 0 Å². The van der Waals surface area contributed by atoms with Crippen molar-refractivity contribution in [3.8, 4) is 23.0 Å². The Balaban J connectivity index is 0.00000348. The smallest absolute Gasteiger partial charge is 0.135 e. The first kappa shape index (κ1) is 30.9. The first-order chi connectivity index (χ1) is 24.8. The number of benzene rings is 6. The van der Waals surface area contributed by atoms with Gasteiger partial charge in [0.1, 0.15) is 5.82 Å². The molecule has 0 saturated heterocycles. The third kappa shape index (κ3) is 5.09. The number of nitrogens with zero attached hydrogens (tertiary/aromatic N) is 5. The molecule has 10 rings (SSSR count). The van der Waals surface area contributed by atoms with E-state index < -0.39 is 0 Å². The van der Waals surface area contributed by atoms with E-state index in [1.54, 1.807) is 0 Å². The van der Waals surface area contributed by atoms with E-state index in [0.29, 0.717) is 11.5 Å². The Kier molecular flexibility index (Phi) is 7.66. The maximum absolute atomic E-state index is 6.55. The molecule has 6 aromatic carbocycles. The molecular formula is C44H28N5OPd-3. The van der Waals surface area contributed by atoms with E-state index >= 15 is 0 Å². The first-order valence-corrected chi connectivity index (χ1v) is 16.6. The average molecular weight is 749 g/mol. The summed E-state index contributed by atoms with van der Waals surface area (Å²) in [5.41, 5.74) is 9.43. The zero-order valence-corrected chi connectivity index (χ0v) is 28.7. The van der Waals surface area contributed by atoms with Gasteiger partial charge in [0.2, 0.25) is 0 Å². The van der Waals surface area contributed by atoms with Crippen molar-refractivity contribution >= 4 is 55.6 Å². The fraction of sp³-hybridized carbons (Fsp3) is 0. The predicted molar refractivity (Wildman–Crippen MR) is 201 cm³/mol. The molecular weight excluding hydrogens is 721 g/mol. The molecule has 0 atom stereocenters. The minimum Gasteiger partial charge on any atom is -0.509 e. The van der Waals surface area contributed by atoms with Crippen molar-refractivity contribution in [2.24, 2.45) is 0 Å². The van der Waals surface area contributed by atoms with E-state index in [-0.39, 0.29) is 20.4 Å². The molecule has 0 unspecified atom stereocenters. The standard InChI is InChI=1S/C44H28N5O.Pd/c1-3-14-31(15-4-1)46-30-47(40-23-10-9-22-39(40)46)33-18-13-19-34(28-33)50-35-25-26-37-41(29-35)49(42-24-11-12-27-45-42)44-36-20-7-8-21-38(36)48(43(37)44)32-16-5-2-6-17-32;/h1-27,30H;/q-3;. The predicted octanol–water partition coefficient (Wildman–Crippen LogP) is 10.9. The van der Waals surface area contributed by atoms with Crippen LogP contribution < -0.4 is 14.5 Å². The van der Waals surface area contributed by atoms with Crippen molar-refractivity contribution in [1.29, 1.82) is 0 Å². The monoisotopic (exact) mass is 748 g/mol. The second kappa shape index (κ2) is 12.6. The van der Waals surface area contributed by atoms with Crippen LogP contribution in [0.15, 0.2) is 164 Å². The van der Waals surface area contributed by atoms with Crippen LogP contribution in [0.3, 0.4) is 0 Å². The molecule has 7 heteroatoms. The minimum absolute atomic E-state index is 0. The molecule has 6 nitrogen and oxygen atoms in total. The number of fused-ring (bicyclic) bond motifs is 6. The number of hydrogen-bond acceptors (Lipinski definition) is 4. The summed E-state index contributed by atoms with van der Waals surface area (Å²) in [7, 11) is 0. The maximum atomic E-state index is 6.55. The molecule has 0 N–H and O–H groups in total. The average Bonchev–Trinajstić information content (AvgIpc) is 3.84. The molecule has 0 saturated carbocycles. The molecule has 4 heterocycles. The van der Waals surface area contributed by atoms with Crippen LogP contribution in [0, 0.1) is 18.8 Å². The summed E-state index contributed by atoms with van der Waals surface area (Å²) in [4.78, 5) is 9.14. The van der Waals surface area contributed by atoms with E-state index in [4.69, 9.17) is 9.72 Å². The van der Waals surface area contributed by atoms with Crippen molar-refractivity contribution < 1.29 is 25.2 Å². The van der Waals surface area contributed by atoms with E-state index in [1.165, 1.54) is 0 Å². The molecule has 0 fully saturated rings. The van der Waals surface area contributed by atoms with Crippen LogP contribution in [0.4, 0.5) is 22.7 Å². The van der Waals surface area contributed by atoms with E-state index in [2.05, 4.69) is 141 Å². The normalized spacial score (nSPS) is 12.4. The summed E-state index contributed by atoms with van der Waals surface area (Å²) in [6.45, 7) is 2.10. The number of pyridine rings is 1. The van der Waals surface area contributed by atoms with Gasteiger partial charge in [-0.25, -0.2) is 4.98 Å². The second-order valence-electron chi connectivity index (χ2n) is 12.2. The third-order valence-electron chi connectivity index (χ3n) is 9.24. The van der Waals surface area contributed by atoms with Crippen LogP contribution in [0.25, 0.3) is 44.3 Å². The van der Waals surface area contributed by atoms with Crippen LogP contribution in [-0.2, 0) is 20.4 Å². The van der Waals surface area contributed by atoms with Crippen LogP contribution >= 0.6 is 0 Å². The van der Waals surface area contributed by atoms with Gasteiger partial charge in [0.15, 0.2) is 0 Å². The molecule has 51 heavy (non-hydrogen) atoms. The number of ether oxygens (including phenoxy) is 1. The topological polar surface area (TPSA) is 38.5 Å². The van der Waals surface area contributed by atoms with Crippen molar-refractivity contribution in [2.75, 3.05) is 9.80 Å². The van der Waals surface area contributed by atoms with Gasteiger partial charge in [-0.15, -0.1) is 42.7 Å². The van der Waals surface area contributed by atoms with E-state index in [9.17, 15) is 0 Å². The first-order valence-electron chi connectivity index (χ1n) is 16.6. The van der Waals surface area contributed by atoms with Gasteiger partial charge in [0.05, 0.1) is 11.0 Å². The second-order valence-corrected chi connectivity index (χ2v) is 12.2. The molecule has 248 valence electrons. The molecule has 1 aliphatic heterocycles. The Labute approximate surface area is 309 Å². The van der Waals surface area contributed by atoms with Crippen molar-refractivity contribution in [1.82, 2.24) is 14.1 Å². The molecule has 0 aliphatic carbocycles. The van der Waals surface area contributed by atoms with Crippen LogP contribution in [0.5, 0.6) is 11.5 Å². The van der Waals surface area contributed by atoms with Gasteiger partial charge in [-0.05, 0) is 54.6 Å². The fourth-order valence-corrected chi connectivity index (χ4v) is 7.11. The molecule has 0 radical (unpaired) electrons. The number of hydrogen-bond donors (Lipinski definition) is 0. The summed E-state index contributed by atoms with van der Waals surface area (Å²) < 4.78 is 11.1. The summed E-state index contributed by atoms with van der Waals surface area (Å²) in [5.74, 6) is 2.01. The van der Waals surface area contributed by atoms with Crippen molar-refractivity contribution in [3.63, 3.8) is 0 Å². The van der Waals surface area contributed by atoms with Crippen molar-refractivity contribution in [3.05, 3.63) is 183 Å². The van der Waals surface area contributed by atoms with Crippen LogP contribution in [0.2, 0.25) is 0 Å². The summed E-state index contributed by atoms with van der Waals surface area (Å²) in [6.07, 6.45) is 1.83. The Hall–Kier alpha value is -6.13. The largest absolute Gasteiger partial charge is 0.509 e. The quantitative estimate of drug-likeness (QED) is 0.125. The van der Waals surface area contributed by atoms with E-state index in [0.717, 1.165) is 67.1 Å². The molecule has 1 aliphatic rings. The molecule has 0 spiro atoms. The van der Waals surface area contributed by atoms with Gasteiger partial charge in [-0.2, -0.15) is 12.1 Å². The zero-order valence-electron chi connectivity index (χ0n) is 27.1. The van der Waals surface area contributed by atoms with Gasteiger partial charge < -0.3 is 23.7 Å². The summed E-state index contributed by atoms with van der Waals surface area (Å²) >= 11 is 0. The van der Waals surface area contributed by atoms with E-state index in [1.807, 2.05) is 60.8 Å². The molecule has 0 amide bonds. The fourth-order valence-electron chi connectivity index (χ4n) is 7.11. The van der Waals surface area contributed by atoms with Crippen LogP contribution in [0.1, 0.15) is 0 Å². The van der Waals surface area contributed by atoms with Gasteiger partial charge in [0.25, 0.3) is 0 Å². The minimum atomic E-state index is 0. The third-order valence-corrected chi connectivity index (χ3v) is 9.24. The SMILES string of the molecule is [Pd].[c-]1c(Oc2[c-]c3c(cc2)c2c(c4ccccc4n2-c2ccccc2)n3-c2ccccn2)cccc1N1[CH-]N(c2ccccc2)c2ccccc21. The van der Waals surface area contributed by atoms with Gasteiger partial charge in [-0.1, -0.05) is 83.7 Å². The van der Waals surface area contributed by atoms with Crippen molar-refractivity contribution in [2.45, 2.75) is 0 Å². The summed E-state index contributed by atoms with van der Waals surface area (Å²) in [5, 5.41) is 2.19. The Morgan fingerprint density at radius 3 is 1.96 bits per heavy atom. The Bertz CT molecular complexity index is 2670. The molecule has 3 aromatic heterocycles. The zero-order chi connectivity index (χ0) is 33.0. The van der Waals surface area contributed by atoms with Gasteiger partial charge in [0, 0.05) is 71.8 Å². The Morgan fingerprint density at radius 2 is 1.18 bits per heavy atom. The number of aromatic nitrogens is 3. The Morgan fingerprint density at radius 1 is 0.510 bits per heavy atom. The maximum Gasteiger partial charge on any atom is 0.135 e. The molecule has 9 aromatic rings. The van der Waals surface area contributed by atoms with Gasteiger partial charge in [-0.3, -0.25) is 0 Å². The number of para-hydroxylation sites is 5. The summed E-state index contributed by atoms with van der Waals surface area (Å²) in [6, 6.07) is 61.0. The number of anilines is 4. The molecule has 0 bridgehead atoms. The van der Waals surface area contributed by atoms with Crippen LogP contribution in [-0.4, -0.2) is 14.1 Å².